The van der Waals surface area contributed by atoms with Crippen LogP contribution in [0, 0.1) is 11.3 Å². The van der Waals surface area contributed by atoms with Gasteiger partial charge in [-0.2, -0.15) is 0 Å². The highest BCUT2D eigenvalue weighted by molar-refractivity contribution is 7.16. The van der Waals surface area contributed by atoms with Crippen LogP contribution in [0.25, 0.3) is 0 Å². The zero-order valence-corrected chi connectivity index (χ0v) is 12.1. The van der Waals surface area contributed by atoms with Gasteiger partial charge in [-0.3, -0.25) is 0 Å². The third-order valence-electron chi connectivity index (χ3n) is 4.52. The molecule has 1 atom stereocenters. The minimum atomic E-state index is -0.877. The van der Waals surface area contributed by atoms with Crippen LogP contribution in [0.1, 0.15) is 54.4 Å². The van der Waals surface area contributed by atoms with Gasteiger partial charge >= 0.3 is 5.97 Å². The fourth-order valence-electron chi connectivity index (χ4n) is 2.80. The Morgan fingerprint density at radius 2 is 2.22 bits per heavy atom. The van der Waals surface area contributed by atoms with Crippen molar-refractivity contribution in [3.8, 4) is 0 Å². The second-order valence-electron chi connectivity index (χ2n) is 5.83. The summed E-state index contributed by atoms with van der Waals surface area (Å²) >= 11 is 1.47. The van der Waals surface area contributed by atoms with E-state index < -0.39 is 5.97 Å². The number of rotatable bonds is 3. The van der Waals surface area contributed by atoms with E-state index in [0.29, 0.717) is 21.9 Å². The van der Waals surface area contributed by atoms with Crippen molar-refractivity contribution in [1.29, 1.82) is 0 Å². The molecule has 0 saturated carbocycles. The number of carbonyl (C=O) groups is 1. The van der Waals surface area contributed by atoms with Crippen molar-refractivity contribution < 1.29 is 9.90 Å². The first-order valence-corrected chi connectivity index (χ1v) is 7.31. The van der Waals surface area contributed by atoms with Gasteiger partial charge in [0.1, 0.15) is 5.00 Å². The molecule has 1 aromatic rings. The molecular weight excluding hydrogens is 246 g/mol. The van der Waals surface area contributed by atoms with E-state index in [-0.39, 0.29) is 0 Å². The summed E-state index contributed by atoms with van der Waals surface area (Å²) in [5, 5.41) is 9.68. The van der Waals surface area contributed by atoms with Crippen LogP contribution in [-0.4, -0.2) is 11.1 Å². The predicted molar refractivity (Wildman–Crippen MR) is 75.3 cm³/mol. The topological polar surface area (TPSA) is 63.3 Å². The fraction of sp³-hybridized carbons (Fsp3) is 0.643. The summed E-state index contributed by atoms with van der Waals surface area (Å²) in [4.78, 5) is 12.4. The van der Waals surface area contributed by atoms with Crippen molar-refractivity contribution in [2.75, 3.05) is 5.73 Å². The number of carboxylic acid groups (broad SMARTS) is 1. The SMILES string of the molecule is CCC(C)(C)C1CCc2c(sc(N)c2C(=O)O)C1. The summed E-state index contributed by atoms with van der Waals surface area (Å²) in [6, 6.07) is 0. The molecule has 1 aromatic heterocycles. The first-order chi connectivity index (χ1) is 8.36. The van der Waals surface area contributed by atoms with Gasteiger partial charge in [-0.15, -0.1) is 11.3 Å². The Labute approximate surface area is 112 Å². The van der Waals surface area contributed by atoms with Gasteiger partial charge in [0.15, 0.2) is 0 Å². The van der Waals surface area contributed by atoms with Gasteiger partial charge in [-0.1, -0.05) is 27.2 Å². The highest BCUT2D eigenvalue weighted by Gasteiger charge is 2.34. The Hall–Kier alpha value is -1.03. The minimum Gasteiger partial charge on any atom is -0.478 e. The van der Waals surface area contributed by atoms with Crippen LogP contribution in [0.3, 0.4) is 0 Å². The molecule has 0 amide bonds. The van der Waals surface area contributed by atoms with Crippen LogP contribution in [0.4, 0.5) is 5.00 Å². The number of nitrogens with two attached hydrogens (primary N) is 1. The number of nitrogen functional groups attached to an aromatic ring is 1. The number of hydrogen-bond acceptors (Lipinski definition) is 3. The number of hydrogen-bond donors (Lipinski definition) is 2. The van der Waals surface area contributed by atoms with Gasteiger partial charge in [-0.05, 0) is 36.2 Å². The molecule has 0 bridgehead atoms. The summed E-state index contributed by atoms with van der Waals surface area (Å²) in [6.07, 6.45) is 4.07. The van der Waals surface area contributed by atoms with Gasteiger partial charge in [0.2, 0.25) is 0 Å². The van der Waals surface area contributed by atoms with Gasteiger partial charge in [0, 0.05) is 4.88 Å². The van der Waals surface area contributed by atoms with Crippen molar-refractivity contribution >= 4 is 22.3 Å². The smallest absolute Gasteiger partial charge is 0.338 e. The number of fused-ring (bicyclic) bond motifs is 1. The molecule has 0 radical (unpaired) electrons. The Balaban J connectivity index is 2.32. The van der Waals surface area contributed by atoms with Gasteiger partial charge in [-0.25, -0.2) is 4.79 Å². The van der Waals surface area contributed by atoms with Crippen LogP contribution in [0.15, 0.2) is 0 Å². The van der Waals surface area contributed by atoms with Crippen LogP contribution in [0.2, 0.25) is 0 Å². The second-order valence-corrected chi connectivity index (χ2v) is 6.97. The maximum absolute atomic E-state index is 11.2. The standard InChI is InChI=1S/C14H21NO2S/c1-4-14(2,3)8-5-6-9-10(7-8)18-12(15)11(9)13(16)17/h8H,4-7,15H2,1-3H3,(H,16,17). The molecule has 1 unspecified atom stereocenters. The summed E-state index contributed by atoms with van der Waals surface area (Å²) in [5.41, 5.74) is 7.52. The van der Waals surface area contributed by atoms with E-state index in [0.717, 1.165) is 31.2 Å². The van der Waals surface area contributed by atoms with E-state index in [1.807, 2.05) is 0 Å². The minimum absolute atomic E-state index is 0.319. The Morgan fingerprint density at radius 3 is 2.78 bits per heavy atom. The average molecular weight is 267 g/mol. The first-order valence-electron chi connectivity index (χ1n) is 6.50. The Morgan fingerprint density at radius 1 is 1.56 bits per heavy atom. The highest BCUT2D eigenvalue weighted by atomic mass is 32.1. The van der Waals surface area contributed by atoms with E-state index in [1.165, 1.54) is 16.2 Å². The predicted octanol–water partition coefficient (Wildman–Crippen LogP) is 3.57. The molecule has 4 heteroatoms. The summed E-state index contributed by atoms with van der Waals surface area (Å²) < 4.78 is 0. The summed E-state index contributed by atoms with van der Waals surface area (Å²) in [6.45, 7) is 6.83. The molecule has 18 heavy (non-hydrogen) atoms. The van der Waals surface area contributed by atoms with Gasteiger partial charge in [0.05, 0.1) is 5.56 Å². The van der Waals surface area contributed by atoms with Crippen molar-refractivity contribution in [2.24, 2.45) is 11.3 Å². The largest absolute Gasteiger partial charge is 0.478 e. The zero-order chi connectivity index (χ0) is 13.5. The zero-order valence-electron chi connectivity index (χ0n) is 11.2. The second kappa shape index (κ2) is 4.57. The van der Waals surface area contributed by atoms with Crippen molar-refractivity contribution in [3.63, 3.8) is 0 Å². The van der Waals surface area contributed by atoms with Crippen LogP contribution < -0.4 is 5.73 Å². The molecular formula is C14H21NO2S. The molecule has 1 aliphatic carbocycles. The average Bonchev–Trinajstić information content (AvgIpc) is 2.63. The summed E-state index contributed by atoms with van der Waals surface area (Å²) in [5.74, 6) is -0.243. The number of carboxylic acids is 1. The molecule has 0 spiro atoms. The molecule has 2 rings (SSSR count). The first kappa shape index (κ1) is 13.4. The third kappa shape index (κ3) is 2.14. The lowest BCUT2D eigenvalue weighted by Crippen LogP contribution is -2.28. The molecule has 0 aromatic carbocycles. The molecule has 1 heterocycles. The van der Waals surface area contributed by atoms with E-state index >= 15 is 0 Å². The Bertz CT molecular complexity index is 476. The molecule has 0 saturated heterocycles. The van der Waals surface area contributed by atoms with Crippen LogP contribution in [0.5, 0.6) is 0 Å². The van der Waals surface area contributed by atoms with E-state index in [2.05, 4.69) is 20.8 Å². The van der Waals surface area contributed by atoms with Gasteiger partial charge in [0.25, 0.3) is 0 Å². The molecule has 1 aliphatic rings. The lowest BCUT2D eigenvalue weighted by Gasteiger charge is -2.36. The van der Waals surface area contributed by atoms with E-state index in [1.54, 1.807) is 0 Å². The van der Waals surface area contributed by atoms with Crippen LogP contribution >= 0.6 is 11.3 Å². The number of anilines is 1. The van der Waals surface area contributed by atoms with Crippen molar-refractivity contribution in [1.82, 2.24) is 0 Å². The molecule has 100 valence electrons. The molecule has 3 nitrogen and oxygen atoms in total. The molecule has 0 aliphatic heterocycles. The highest BCUT2D eigenvalue weighted by Crippen LogP contribution is 2.44. The summed E-state index contributed by atoms with van der Waals surface area (Å²) in [7, 11) is 0. The normalized spacial score (nSPS) is 19.6. The van der Waals surface area contributed by atoms with E-state index in [9.17, 15) is 9.90 Å². The quantitative estimate of drug-likeness (QED) is 0.880. The lowest BCUT2D eigenvalue weighted by atomic mass is 9.69. The fourth-order valence-corrected chi connectivity index (χ4v) is 3.99. The maximum atomic E-state index is 11.2. The van der Waals surface area contributed by atoms with Crippen LogP contribution in [-0.2, 0) is 12.8 Å². The van der Waals surface area contributed by atoms with Crippen molar-refractivity contribution in [2.45, 2.75) is 46.5 Å². The lowest BCUT2D eigenvalue weighted by molar-refractivity contribution is 0.0696. The number of thiophene rings is 1. The van der Waals surface area contributed by atoms with E-state index in [4.69, 9.17) is 5.73 Å². The monoisotopic (exact) mass is 267 g/mol. The molecule has 0 fully saturated rings. The maximum Gasteiger partial charge on any atom is 0.338 e. The molecule has 3 N–H and O–H groups in total. The number of aromatic carboxylic acids is 1. The Kier molecular flexibility index (Phi) is 3.41. The third-order valence-corrected chi connectivity index (χ3v) is 5.61. The van der Waals surface area contributed by atoms with Crippen molar-refractivity contribution in [3.05, 3.63) is 16.0 Å². The van der Waals surface area contributed by atoms with Gasteiger partial charge < -0.3 is 10.8 Å².